The number of nitrogens with two attached hydrogens (primary N) is 1. The topological polar surface area (TPSA) is 110 Å². The van der Waals surface area contributed by atoms with Gasteiger partial charge < -0.3 is 16.4 Å². The zero-order valence-corrected chi connectivity index (χ0v) is 9.85. The standard InChI is InChI=1S/C11H15N5O2/c12-9-6-14-8(5-15-9)11(18)13-4-3-10(17)16-7-1-2-7/h5-7H,1-4H2,(H2,12,15)(H,13,18)(H,16,17). The molecule has 1 heterocycles. The van der Waals surface area contributed by atoms with Gasteiger partial charge in [0, 0.05) is 19.0 Å². The van der Waals surface area contributed by atoms with E-state index in [0.717, 1.165) is 12.8 Å². The van der Waals surface area contributed by atoms with E-state index in [0.29, 0.717) is 6.04 Å². The first-order valence-electron chi connectivity index (χ1n) is 5.80. The summed E-state index contributed by atoms with van der Waals surface area (Å²) < 4.78 is 0. The zero-order chi connectivity index (χ0) is 13.0. The summed E-state index contributed by atoms with van der Waals surface area (Å²) in [4.78, 5) is 30.5. The second-order valence-corrected chi connectivity index (χ2v) is 4.17. The third kappa shape index (κ3) is 3.69. The second kappa shape index (κ2) is 5.44. The molecule has 0 radical (unpaired) electrons. The molecular formula is C11H15N5O2. The van der Waals surface area contributed by atoms with Crippen molar-refractivity contribution in [2.24, 2.45) is 0 Å². The number of amides is 2. The fraction of sp³-hybridized carbons (Fsp3) is 0.455. The van der Waals surface area contributed by atoms with Crippen molar-refractivity contribution in [1.82, 2.24) is 20.6 Å². The summed E-state index contributed by atoms with van der Waals surface area (Å²) in [5.41, 5.74) is 5.55. The van der Waals surface area contributed by atoms with Gasteiger partial charge in [0.1, 0.15) is 11.5 Å². The maximum absolute atomic E-state index is 11.6. The Bertz CT molecular complexity index is 441. The van der Waals surface area contributed by atoms with Gasteiger partial charge in [0.2, 0.25) is 5.91 Å². The first kappa shape index (κ1) is 12.3. The van der Waals surface area contributed by atoms with E-state index in [1.54, 1.807) is 0 Å². The summed E-state index contributed by atoms with van der Waals surface area (Å²) in [7, 11) is 0. The van der Waals surface area contributed by atoms with E-state index in [9.17, 15) is 9.59 Å². The fourth-order valence-electron chi connectivity index (χ4n) is 1.36. The third-order valence-electron chi connectivity index (χ3n) is 2.48. The summed E-state index contributed by atoms with van der Waals surface area (Å²) in [6.07, 6.45) is 4.99. The van der Waals surface area contributed by atoms with Crippen LogP contribution in [0.25, 0.3) is 0 Å². The minimum Gasteiger partial charge on any atom is -0.382 e. The molecule has 18 heavy (non-hydrogen) atoms. The summed E-state index contributed by atoms with van der Waals surface area (Å²) in [5.74, 6) is -0.140. The highest BCUT2D eigenvalue weighted by molar-refractivity contribution is 5.92. The van der Waals surface area contributed by atoms with E-state index < -0.39 is 0 Å². The van der Waals surface area contributed by atoms with Crippen LogP contribution in [0.2, 0.25) is 0 Å². The van der Waals surface area contributed by atoms with Crippen molar-refractivity contribution in [2.45, 2.75) is 25.3 Å². The van der Waals surface area contributed by atoms with Gasteiger partial charge in [-0.2, -0.15) is 0 Å². The van der Waals surface area contributed by atoms with Gasteiger partial charge in [-0.15, -0.1) is 0 Å². The minimum atomic E-state index is -0.360. The number of hydrogen-bond acceptors (Lipinski definition) is 5. The van der Waals surface area contributed by atoms with Crippen LogP contribution in [0.1, 0.15) is 29.8 Å². The number of rotatable bonds is 5. The van der Waals surface area contributed by atoms with Crippen molar-refractivity contribution < 1.29 is 9.59 Å². The quantitative estimate of drug-likeness (QED) is 0.649. The van der Waals surface area contributed by atoms with E-state index in [1.807, 2.05) is 0 Å². The molecule has 1 aliphatic rings. The Kier molecular flexibility index (Phi) is 3.71. The van der Waals surface area contributed by atoms with Crippen molar-refractivity contribution in [2.75, 3.05) is 12.3 Å². The van der Waals surface area contributed by atoms with Crippen LogP contribution in [0.3, 0.4) is 0 Å². The smallest absolute Gasteiger partial charge is 0.271 e. The Morgan fingerprint density at radius 3 is 2.72 bits per heavy atom. The van der Waals surface area contributed by atoms with Gasteiger partial charge in [0.15, 0.2) is 0 Å². The fourth-order valence-corrected chi connectivity index (χ4v) is 1.36. The summed E-state index contributed by atoms with van der Waals surface area (Å²) >= 11 is 0. The Morgan fingerprint density at radius 1 is 1.33 bits per heavy atom. The van der Waals surface area contributed by atoms with Crippen LogP contribution < -0.4 is 16.4 Å². The molecule has 2 amide bonds. The van der Waals surface area contributed by atoms with Gasteiger partial charge in [0.05, 0.1) is 12.4 Å². The van der Waals surface area contributed by atoms with Gasteiger partial charge in [-0.3, -0.25) is 9.59 Å². The van der Waals surface area contributed by atoms with Crippen molar-refractivity contribution in [1.29, 1.82) is 0 Å². The molecule has 0 aliphatic heterocycles. The molecule has 1 aromatic rings. The molecule has 0 unspecified atom stereocenters. The van der Waals surface area contributed by atoms with E-state index >= 15 is 0 Å². The highest BCUT2D eigenvalue weighted by atomic mass is 16.2. The molecule has 7 nitrogen and oxygen atoms in total. The molecular weight excluding hydrogens is 234 g/mol. The molecule has 1 aromatic heterocycles. The van der Waals surface area contributed by atoms with Crippen LogP contribution >= 0.6 is 0 Å². The normalized spacial score (nSPS) is 14.0. The monoisotopic (exact) mass is 249 g/mol. The molecule has 1 fully saturated rings. The Morgan fingerprint density at radius 2 is 2.11 bits per heavy atom. The lowest BCUT2D eigenvalue weighted by atomic mass is 10.3. The molecule has 0 spiro atoms. The summed E-state index contributed by atoms with van der Waals surface area (Å²) in [6, 6.07) is 0.344. The van der Waals surface area contributed by atoms with E-state index in [2.05, 4.69) is 20.6 Å². The predicted molar refractivity (Wildman–Crippen MR) is 64.6 cm³/mol. The van der Waals surface area contributed by atoms with E-state index in [-0.39, 0.29) is 36.3 Å². The number of carbonyl (C=O) groups excluding carboxylic acids is 2. The Hall–Kier alpha value is -2.18. The molecule has 96 valence electrons. The van der Waals surface area contributed by atoms with Crippen LogP contribution in [0.5, 0.6) is 0 Å². The van der Waals surface area contributed by atoms with Gasteiger partial charge in [-0.25, -0.2) is 9.97 Å². The first-order chi connectivity index (χ1) is 8.65. The van der Waals surface area contributed by atoms with E-state index in [1.165, 1.54) is 12.4 Å². The van der Waals surface area contributed by atoms with Gasteiger partial charge in [-0.1, -0.05) is 0 Å². The minimum absolute atomic E-state index is 0.0406. The highest BCUT2D eigenvalue weighted by Gasteiger charge is 2.22. The molecule has 0 atom stereocenters. The molecule has 0 aromatic carbocycles. The molecule has 0 bridgehead atoms. The zero-order valence-electron chi connectivity index (χ0n) is 9.85. The van der Waals surface area contributed by atoms with Crippen LogP contribution in [0.4, 0.5) is 5.82 Å². The molecule has 7 heteroatoms. The first-order valence-corrected chi connectivity index (χ1v) is 5.80. The maximum atomic E-state index is 11.6. The average molecular weight is 249 g/mol. The number of nitrogens with one attached hydrogen (secondary N) is 2. The third-order valence-corrected chi connectivity index (χ3v) is 2.48. The van der Waals surface area contributed by atoms with Crippen LogP contribution in [-0.4, -0.2) is 34.4 Å². The van der Waals surface area contributed by atoms with Crippen molar-refractivity contribution in [3.8, 4) is 0 Å². The van der Waals surface area contributed by atoms with Crippen LogP contribution in [-0.2, 0) is 4.79 Å². The molecule has 1 saturated carbocycles. The largest absolute Gasteiger partial charge is 0.382 e. The lowest BCUT2D eigenvalue weighted by molar-refractivity contribution is -0.121. The Labute approximate surface area is 104 Å². The van der Waals surface area contributed by atoms with Gasteiger partial charge >= 0.3 is 0 Å². The molecule has 2 rings (SSSR count). The lowest BCUT2D eigenvalue weighted by Crippen LogP contribution is -2.32. The maximum Gasteiger partial charge on any atom is 0.271 e. The van der Waals surface area contributed by atoms with E-state index in [4.69, 9.17) is 5.73 Å². The number of nitrogen functional groups attached to an aromatic ring is 1. The SMILES string of the molecule is Nc1cnc(C(=O)NCCC(=O)NC2CC2)cn1. The number of anilines is 1. The lowest BCUT2D eigenvalue weighted by Gasteiger charge is -2.05. The van der Waals surface area contributed by atoms with Crippen molar-refractivity contribution >= 4 is 17.6 Å². The summed E-state index contributed by atoms with van der Waals surface area (Å²) in [6.45, 7) is 0.281. The molecule has 1 aliphatic carbocycles. The predicted octanol–water partition coefficient (Wildman–Crippen LogP) is -0.543. The van der Waals surface area contributed by atoms with Crippen molar-refractivity contribution in [3.63, 3.8) is 0 Å². The number of hydrogen-bond donors (Lipinski definition) is 3. The van der Waals surface area contributed by atoms with Crippen LogP contribution in [0, 0.1) is 0 Å². The highest BCUT2D eigenvalue weighted by Crippen LogP contribution is 2.18. The number of nitrogens with zero attached hydrogens (tertiary/aromatic N) is 2. The average Bonchev–Trinajstić information content (AvgIpc) is 3.13. The summed E-state index contributed by atoms with van der Waals surface area (Å²) in [5, 5.41) is 5.44. The second-order valence-electron chi connectivity index (χ2n) is 4.17. The van der Waals surface area contributed by atoms with Gasteiger partial charge in [-0.05, 0) is 12.8 Å². The molecule has 4 N–H and O–H groups in total. The Balaban J connectivity index is 1.70. The van der Waals surface area contributed by atoms with Crippen LogP contribution in [0.15, 0.2) is 12.4 Å². The van der Waals surface area contributed by atoms with Crippen molar-refractivity contribution in [3.05, 3.63) is 18.1 Å². The molecule has 0 saturated heterocycles. The number of carbonyl (C=O) groups is 2. The number of aromatic nitrogens is 2. The van der Waals surface area contributed by atoms with Gasteiger partial charge in [0.25, 0.3) is 5.91 Å².